The Balaban J connectivity index is 1.85. The highest BCUT2D eigenvalue weighted by atomic mass is 16.2. The molecule has 1 aliphatic carbocycles. The van der Waals surface area contributed by atoms with Gasteiger partial charge in [-0.2, -0.15) is 0 Å². The molecule has 0 spiro atoms. The average Bonchev–Trinajstić information content (AvgIpc) is 3.37. The second-order valence-electron chi connectivity index (χ2n) is 5.32. The molecule has 1 amide bonds. The molecule has 0 saturated heterocycles. The average molecular weight is 281 g/mol. The monoisotopic (exact) mass is 281 g/mol. The minimum Gasteiger partial charge on any atom is -0.387 e. The largest absolute Gasteiger partial charge is 0.387 e. The van der Waals surface area contributed by atoms with E-state index in [9.17, 15) is 4.79 Å². The van der Waals surface area contributed by atoms with E-state index < -0.39 is 0 Å². The smallest absolute Gasteiger partial charge is 0.256 e. The van der Waals surface area contributed by atoms with Crippen LogP contribution in [0.5, 0.6) is 0 Å². The number of carbonyl (C=O) groups is 1. The van der Waals surface area contributed by atoms with Crippen molar-refractivity contribution in [1.82, 2.24) is 9.88 Å². The van der Waals surface area contributed by atoms with Crippen LogP contribution in [-0.2, 0) is 6.54 Å². The summed E-state index contributed by atoms with van der Waals surface area (Å²) in [5, 5.41) is 3.09. The van der Waals surface area contributed by atoms with Crippen molar-refractivity contribution in [1.29, 1.82) is 0 Å². The topological polar surface area (TPSA) is 45.2 Å². The van der Waals surface area contributed by atoms with Gasteiger partial charge in [0, 0.05) is 37.7 Å². The summed E-state index contributed by atoms with van der Waals surface area (Å²) in [6, 6.07) is 11.9. The third kappa shape index (κ3) is 3.05. The fraction of sp³-hybridized carbons (Fsp3) is 0.294. The zero-order valence-corrected chi connectivity index (χ0v) is 12.1. The first-order valence-electron chi connectivity index (χ1n) is 7.26. The molecule has 108 valence electrons. The molecule has 1 fully saturated rings. The SMILES string of the molecule is CNc1ccccc1C(=O)N(Cc1cccnc1)C1CC1. The van der Waals surface area contributed by atoms with Gasteiger partial charge in [0.25, 0.3) is 5.91 Å². The number of nitrogens with zero attached hydrogens (tertiary/aromatic N) is 2. The number of hydrogen-bond donors (Lipinski definition) is 1. The van der Waals surface area contributed by atoms with Gasteiger partial charge < -0.3 is 10.2 Å². The second kappa shape index (κ2) is 5.95. The van der Waals surface area contributed by atoms with Gasteiger partial charge in [-0.15, -0.1) is 0 Å². The van der Waals surface area contributed by atoms with Crippen molar-refractivity contribution in [2.24, 2.45) is 0 Å². The lowest BCUT2D eigenvalue weighted by Crippen LogP contribution is -2.33. The van der Waals surface area contributed by atoms with Gasteiger partial charge >= 0.3 is 0 Å². The predicted molar refractivity (Wildman–Crippen MR) is 83.1 cm³/mol. The normalized spacial score (nSPS) is 13.8. The Morgan fingerprint density at radius 3 is 2.76 bits per heavy atom. The number of para-hydroxylation sites is 1. The second-order valence-corrected chi connectivity index (χ2v) is 5.32. The Morgan fingerprint density at radius 2 is 2.10 bits per heavy atom. The minimum atomic E-state index is 0.0892. The highest BCUT2D eigenvalue weighted by molar-refractivity contribution is 5.99. The predicted octanol–water partition coefficient (Wildman–Crippen LogP) is 2.93. The minimum absolute atomic E-state index is 0.0892. The number of amides is 1. The molecule has 1 heterocycles. The molecule has 1 saturated carbocycles. The van der Waals surface area contributed by atoms with Crippen LogP contribution in [0.2, 0.25) is 0 Å². The van der Waals surface area contributed by atoms with E-state index in [0.717, 1.165) is 29.7 Å². The highest BCUT2D eigenvalue weighted by Crippen LogP contribution is 2.31. The number of aromatic nitrogens is 1. The fourth-order valence-corrected chi connectivity index (χ4v) is 2.48. The van der Waals surface area contributed by atoms with Crippen LogP contribution in [0.25, 0.3) is 0 Å². The van der Waals surface area contributed by atoms with Gasteiger partial charge in [0.05, 0.1) is 5.56 Å². The molecule has 0 aliphatic heterocycles. The van der Waals surface area contributed by atoms with E-state index in [4.69, 9.17) is 0 Å². The highest BCUT2D eigenvalue weighted by Gasteiger charge is 2.33. The molecule has 4 heteroatoms. The van der Waals surface area contributed by atoms with E-state index in [0.29, 0.717) is 12.6 Å². The van der Waals surface area contributed by atoms with Crippen molar-refractivity contribution in [3.63, 3.8) is 0 Å². The van der Waals surface area contributed by atoms with E-state index in [1.807, 2.05) is 54.5 Å². The number of pyridine rings is 1. The molecule has 1 aliphatic rings. The Bertz CT molecular complexity index is 623. The Labute approximate surface area is 124 Å². The zero-order valence-electron chi connectivity index (χ0n) is 12.1. The maximum Gasteiger partial charge on any atom is 0.256 e. The molecular formula is C17H19N3O. The van der Waals surface area contributed by atoms with Gasteiger partial charge in [0.1, 0.15) is 0 Å². The summed E-state index contributed by atoms with van der Waals surface area (Å²) < 4.78 is 0. The zero-order chi connectivity index (χ0) is 14.7. The molecule has 0 radical (unpaired) electrons. The van der Waals surface area contributed by atoms with Crippen LogP contribution in [-0.4, -0.2) is 28.9 Å². The number of nitrogens with one attached hydrogen (secondary N) is 1. The van der Waals surface area contributed by atoms with Crippen LogP contribution in [0.3, 0.4) is 0 Å². The maximum atomic E-state index is 12.9. The van der Waals surface area contributed by atoms with E-state index in [1.165, 1.54) is 0 Å². The van der Waals surface area contributed by atoms with Crippen molar-refractivity contribution in [3.8, 4) is 0 Å². The van der Waals surface area contributed by atoms with Crippen molar-refractivity contribution in [3.05, 3.63) is 59.9 Å². The number of carbonyl (C=O) groups excluding carboxylic acids is 1. The third-order valence-electron chi connectivity index (χ3n) is 3.75. The Morgan fingerprint density at radius 1 is 1.29 bits per heavy atom. The molecule has 4 nitrogen and oxygen atoms in total. The van der Waals surface area contributed by atoms with Crippen LogP contribution in [0.4, 0.5) is 5.69 Å². The van der Waals surface area contributed by atoms with E-state index in [-0.39, 0.29) is 5.91 Å². The Hall–Kier alpha value is -2.36. The van der Waals surface area contributed by atoms with Gasteiger partial charge in [-0.05, 0) is 36.6 Å². The number of hydrogen-bond acceptors (Lipinski definition) is 3. The fourth-order valence-electron chi connectivity index (χ4n) is 2.48. The van der Waals surface area contributed by atoms with Crippen LogP contribution < -0.4 is 5.32 Å². The lowest BCUT2D eigenvalue weighted by molar-refractivity contribution is 0.0731. The summed E-state index contributed by atoms with van der Waals surface area (Å²) in [5.74, 6) is 0.0892. The molecule has 0 unspecified atom stereocenters. The summed E-state index contributed by atoms with van der Waals surface area (Å²) in [7, 11) is 1.84. The van der Waals surface area contributed by atoms with Crippen LogP contribution >= 0.6 is 0 Å². The molecule has 1 N–H and O–H groups in total. The number of rotatable bonds is 5. The lowest BCUT2D eigenvalue weighted by atomic mass is 10.1. The quantitative estimate of drug-likeness (QED) is 0.916. The summed E-state index contributed by atoms with van der Waals surface area (Å²) >= 11 is 0. The van der Waals surface area contributed by atoms with E-state index in [1.54, 1.807) is 6.20 Å². The molecule has 1 aromatic heterocycles. The van der Waals surface area contributed by atoms with E-state index >= 15 is 0 Å². The number of anilines is 1. The maximum absolute atomic E-state index is 12.9. The van der Waals surface area contributed by atoms with Gasteiger partial charge in [-0.25, -0.2) is 0 Å². The van der Waals surface area contributed by atoms with Gasteiger partial charge in [-0.1, -0.05) is 18.2 Å². The van der Waals surface area contributed by atoms with Crippen LogP contribution in [0, 0.1) is 0 Å². The Kier molecular flexibility index (Phi) is 3.86. The van der Waals surface area contributed by atoms with Crippen molar-refractivity contribution in [2.75, 3.05) is 12.4 Å². The van der Waals surface area contributed by atoms with Crippen LogP contribution in [0.1, 0.15) is 28.8 Å². The first-order chi connectivity index (χ1) is 10.3. The molecule has 3 rings (SSSR count). The number of benzene rings is 1. The van der Waals surface area contributed by atoms with Gasteiger partial charge in [-0.3, -0.25) is 9.78 Å². The molecule has 2 aromatic rings. The molecule has 0 bridgehead atoms. The van der Waals surface area contributed by atoms with Crippen LogP contribution in [0.15, 0.2) is 48.8 Å². The van der Waals surface area contributed by atoms with Gasteiger partial charge in [0.2, 0.25) is 0 Å². The molecule has 21 heavy (non-hydrogen) atoms. The summed E-state index contributed by atoms with van der Waals surface area (Å²) in [5.41, 5.74) is 2.68. The molecule has 1 aromatic carbocycles. The first-order valence-corrected chi connectivity index (χ1v) is 7.26. The molecule has 0 atom stereocenters. The standard InChI is InChI=1S/C17H19N3O/c1-18-16-7-3-2-6-15(16)17(21)20(14-8-9-14)12-13-5-4-10-19-11-13/h2-7,10-11,14,18H,8-9,12H2,1H3. The summed E-state index contributed by atoms with van der Waals surface area (Å²) in [6.07, 6.45) is 5.76. The summed E-state index contributed by atoms with van der Waals surface area (Å²) in [4.78, 5) is 19.0. The first kappa shape index (κ1) is 13.6. The molecular weight excluding hydrogens is 262 g/mol. The lowest BCUT2D eigenvalue weighted by Gasteiger charge is -2.23. The van der Waals surface area contributed by atoms with Crippen molar-refractivity contribution < 1.29 is 4.79 Å². The van der Waals surface area contributed by atoms with E-state index in [2.05, 4.69) is 10.3 Å². The van der Waals surface area contributed by atoms with Crippen molar-refractivity contribution >= 4 is 11.6 Å². The third-order valence-corrected chi connectivity index (χ3v) is 3.75. The van der Waals surface area contributed by atoms with Crippen molar-refractivity contribution in [2.45, 2.75) is 25.4 Å². The summed E-state index contributed by atoms with van der Waals surface area (Å²) in [6.45, 7) is 0.620. The van der Waals surface area contributed by atoms with Gasteiger partial charge in [0.15, 0.2) is 0 Å².